The van der Waals surface area contributed by atoms with E-state index in [4.69, 9.17) is 9.47 Å². The smallest absolute Gasteiger partial charge is 0.314 e. The zero-order valence-corrected chi connectivity index (χ0v) is 20.0. The third-order valence-electron chi connectivity index (χ3n) is 7.63. The van der Waals surface area contributed by atoms with Gasteiger partial charge in [-0.25, -0.2) is 0 Å². The Balaban J connectivity index is 1.35. The van der Waals surface area contributed by atoms with E-state index in [1.54, 1.807) is 0 Å². The molecule has 0 heterocycles. The van der Waals surface area contributed by atoms with Gasteiger partial charge in [-0.1, -0.05) is 65.2 Å². The van der Waals surface area contributed by atoms with Crippen molar-refractivity contribution in [2.24, 2.45) is 23.7 Å². The molecule has 2 unspecified atom stereocenters. The molecule has 2 atom stereocenters. The van der Waals surface area contributed by atoms with Crippen LogP contribution in [-0.2, 0) is 4.79 Å². The Bertz CT molecular complexity index is 628. The lowest BCUT2D eigenvalue weighted by Gasteiger charge is -2.31. The Labute approximate surface area is 190 Å². The van der Waals surface area contributed by atoms with Crippen molar-refractivity contribution < 1.29 is 14.3 Å². The zero-order chi connectivity index (χ0) is 21.9. The van der Waals surface area contributed by atoms with Gasteiger partial charge in [-0.2, -0.15) is 0 Å². The number of carbonyl (C=O) groups is 1. The molecular formula is C28H44O3. The summed E-state index contributed by atoms with van der Waals surface area (Å²) in [5.74, 6) is 4.16. The van der Waals surface area contributed by atoms with Crippen molar-refractivity contribution in [3.63, 3.8) is 0 Å². The first-order valence-electron chi connectivity index (χ1n) is 13.1. The van der Waals surface area contributed by atoms with E-state index in [1.165, 1.54) is 70.6 Å². The summed E-state index contributed by atoms with van der Waals surface area (Å²) in [6.45, 7) is 5.33. The van der Waals surface area contributed by atoms with Gasteiger partial charge < -0.3 is 9.47 Å². The van der Waals surface area contributed by atoms with E-state index in [0.29, 0.717) is 5.75 Å². The molecule has 0 aromatic heterocycles. The summed E-state index contributed by atoms with van der Waals surface area (Å²) < 4.78 is 11.6. The first kappa shape index (κ1) is 24.1. The van der Waals surface area contributed by atoms with Gasteiger partial charge in [0, 0.05) is 0 Å². The highest BCUT2D eigenvalue weighted by atomic mass is 16.5. The third-order valence-corrected chi connectivity index (χ3v) is 7.63. The molecule has 0 bridgehead atoms. The quantitative estimate of drug-likeness (QED) is 0.204. The van der Waals surface area contributed by atoms with Gasteiger partial charge in [0.25, 0.3) is 0 Å². The molecule has 0 N–H and O–H groups in total. The van der Waals surface area contributed by atoms with Crippen LogP contribution in [-0.4, -0.2) is 12.6 Å². The number of ether oxygens (including phenoxy) is 2. The van der Waals surface area contributed by atoms with E-state index >= 15 is 0 Å². The Morgan fingerprint density at radius 3 is 2.06 bits per heavy atom. The third kappa shape index (κ3) is 7.84. The molecule has 1 aromatic rings. The second kappa shape index (κ2) is 13.1. The monoisotopic (exact) mass is 428 g/mol. The van der Waals surface area contributed by atoms with Crippen molar-refractivity contribution in [3.05, 3.63) is 24.3 Å². The van der Waals surface area contributed by atoms with Gasteiger partial charge in [-0.3, -0.25) is 4.79 Å². The fraction of sp³-hybridized carbons (Fsp3) is 0.750. The highest BCUT2D eigenvalue weighted by Gasteiger charge is 2.27. The first-order valence-corrected chi connectivity index (χ1v) is 13.1. The van der Waals surface area contributed by atoms with E-state index in [-0.39, 0.29) is 11.9 Å². The summed E-state index contributed by atoms with van der Waals surface area (Å²) in [6.07, 6.45) is 17.6. The molecule has 0 radical (unpaired) electrons. The number of hydrogen-bond acceptors (Lipinski definition) is 3. The maximum absolute atomic E-state index is 12.5. The number of benzene rings is 1. The Hall–Kier alpha value is -1.51. The van der Waals surface area contributed by atoms with E-state index in [9.17, 15) is 4.79 Å². The molecule has 2 saturated carbocycles. The molecule has 1 aromatic carbocycles. The zero-order valence-electron chi connectivity index (χ0n) is 20.0. The SMILES string of the molecule is CCCC1CCC(C(=O)Oc2ccc(OCCCC3CCCCC3CCC)cc2)CC1. The molecule has 174 valence electrons. The number of carbonyl (C=O) groups excluding carboxylic acids is 1. The average molecular weight is 429 g/mol. The summed E-state index contributed by atoms with van der Waals surface area (Å²) in [4.78, 5) is 12.5. The first-order chi connectivity index (χ1) is 15.2. The maximum Gasteiger partial charge on any atom is 0.314 e. The van der Waals surface area contributed by atoms with Gasteiger partial charge in [0.2, 0.25) is 0 Å². The van der Waals surface area contributed by atoms with Gasteiger partial charge in [0.15, 0.2) is 0 Å². The number of esters is 1. The summed E-state index contributed by atoms with van der Waals surface area (Å²) >= 11 is 0. The molecule has 0 saturated heterocycles. The van der Waals surface area contributed by atoms with Crippen LogP contribution >= 0.6 is 0 Å². The van der Waals surface area contributed by atoms with Crippen LogP contribution in [0.3, 0.4) is 0 Å². The topological polar surface area (TPSA) is 35.5 Å². The molecule has 0 aliphatic heterocycles. The summed E-state index contributed by atoms with van der Waals surface area (Å²) in [7, 11) is 0. The molecule has 3 rings (SSSR count). The van der Waals surface area contributed by atoms with Gasteiger partial charge in [-0.15, -0.1) is 0 Å². The van der Waals surface area contributed by atoms with Gasteiger partial charge >= 0.3 is 5.97 Å². The van der Waals surface area contributed by atoms with Crippen molar-refractivity contribution in [1.82, 2.24) is 0 Å². The van der Waals surface area contributed by atoms with Crippen LogP contribution in [0, 0.1) is 23.7 Å². The second-order valence-corrected chi connectivity index (χ2v) is 9.98. The normalized spacial score (nSPS) is 26.4. The second-order valence-electron chi connectivity index (χ2n) is 9.98. The minimum absolute atomic E-state index is 0.0577. The molecular weight excluding hydrogens is 384 g/mol. The van der Waals surface area contributed by atoms with Crippen molar-refractivity contribution in [2.75, 3.05) is 6.61 Å². The molecule has 3 nitrogen and oxygen atoms in total. The van der Waals surface area contributed by atoms with Crippen LogP contribution < -0.4 is 9.47 Å². The Morgan fingerprint density at radius 1 is 0.806 bits per heavy atom. The number of hydrogen-bond donors (Lipinski definition) is 0. The lowest BCUT2D eigenvalue weighted by Crippen LogP contribution is -2.25. The molecule has 31 heavy (non-hydrogen) atoms. The van der Waals surface area contributed by atoms with E-state index in [0.717, 1.165) is 49.4 Å². The molecule has 2 fully saturated rings. The predicted octanol–water partition coefficient (Wildman–Crippen LogP) is 7.96. The van der Waals surface area contributed by atoms with Crippen molar-refractivity contribution in [2.45, 2.75) is 104 Å². The van der Waals surface area contributed by atoms with Crippen molar-refractivity contribution in [3.8, 4) is 11.5 Å². The van der Waals surface area contributed by atoms with E-state index in [2.05, 4.69) is 13.8 Å². The van der Waals surface area contributed by atoms with Crippen molar-refractivity contribution in [1.29, 1.82) is 0 Å². The highest BCUT2D eigenvalue weighted by molar-refractivity contribution is 5.75. The largest absolute Gasteiger partial charge is 0.494 e. The minimum atomic E-state index is -0.0577. The van der Waals surface area contributed by atoms with Gasteiger partial charge in [0.1, 0.15) is 11.5 Å². The average Bonchev–Trinajstić information content (AvgIpc) is 2.80. The Kier molecular flexibility index (Phi) is 10.2. The molecule has 0 amide bonds. The maximum atomic E-state index is 12.5. The van der Waals surface area contributed by atoms with Gasteiger partial charge in [-0.05, 0) is 80.5 Å². The lowest BCUT2D eigenvalue weighted by molar-refractivity contribution is -0.140. The minimum Gasteiger partial charge on any atom is -0.494 e. The van der Waals surface area contributed by atoms with Crippen LogP contribution in [0.4, 0.5) is 0 Å². The molecule has 2 aliphatic carbocycles. The molecule has 2 aliphatic rings. The summed E-state index contributed by atoms with van der Waals surface area (Å²) in [6, 6.07) is 7.60. The van der Waals surface area contributed by atoms with E-state index in [1.807, 2.05) is 24.3 Å². The predicted molar refractivity (Wildman–Crippen MR) is 128 cm³/mol. The van der Waals surface area contributed by atoms with Crippen LogP contribution in [0.2, 0.25) is 0 Å². The fourth-order valence-electron chi connectivity index (χ4n) is 5.85. The summed E-state index contributed by atoms with van der Waals surface area (Å²) in [5, 5.41) is 0. The number of rotatable bonds is 11. The Morgan fingerprint density at radius 2 is 1.42 bits per heavy atom. The van der Waals surface area contributed by atoms with Crippen LogP contribution in [0.15, 0.2) is 24.3 Å². The molecule has 3 heteroatoms. The van der Waals surface area contributed by atoms with E-state index < -0.39 is 0 Å². The summed E-state index contributed by atoms with van der Waals surface area (Å²) in [5.41, 5.74) is 0. The fourth-order valence-corrected chi connectivity index (χ4v) is 5.85. The van der Waals surface area contributed by atoms with Crippen LogP contribution in [0.1, 0.15) is 104 Å². The van der Waals surface area contributed by atoms with Crippen LogP contribution in [0.25, 0.3) is 0 Å². The van der Waals surface area contributed by atoms with Gasteiger partial charge in [0.05, 0.1) is 12.5 Å². The standard InChI is InChI=1S/C28H44O3/c1-3-8-22-13-15-25(16-14-22)28(29)31-27-19-17-26(18-20-27)30-21-7-12-24-11-6-5-10-23(24)9-4-2/h17-20,22-25H,3-16,21H2,1-2H3. The van der Waals surface area contributed by atoms with Crippen LogP contribution in [0.5, 0.6) is 11.5 Å². The lowest BCUT2D eigenvalue weighted by atomic mass is 9.75. The van der Waals surface area contributed by atoms with Crippen molar-refractivity contribution >= 4 is 5.97 Å². The highest BCUT2D eigenvalue weighted by Crippen LogP contribution is 2.36. The molecule has 0 spiro atoms.